The smallest absolute Gasteiger partial charge is 0.0831 e. The highest BCUT2D eigenvalue weighted by Gasteiger charge is 2.32. The summed E-state index contributed by atoms with van der Waals surface area (Å²) in [5.74, 6) is 0.810. The number of piperidine rings is 1. The Bertz CT molecular complexity index is 387. The van der Waals surface area contributed by atoms with Crippen LogP contribution in [0.1, 0.15) is 18.4 Å². The molecule has 2 atom stereocenters. The summed E-state index contributed by atoms with van der Waals surface area (Å²) >= 11 is 0. The molecular weight excluding hydrogens is 236 g/mol. The normalized spacial score (nSPS) is 29.7. The Kier molecular flexibility index (Phi) is 4.16. The molecule has 1 aromatic rings. The van der Waals surface area contributed by atoms with E-state index in [2.05, 4.69) is 40.5 Å². The summed E-state index contributed by atoms with van der Waals surface area (Å²) in [6.07, 6.45) is 3.56. The molecule has 104 valence electrons. The second-order valence-corrected chi connectivity index (χ2v) is 5.96. The molecule has 0 aromatic heterocycles. The van der Waals surface area contributed by atoms with Crippen LogP contribution in [0.15, 0.2) is 30.3 Å². The van der Waals surface area contributed by atoms with Gasteiger partial charge in [0.2, 0.25) is 0 Å². The third-order valence-corrected chi connectivity index (χ3v) is 4.64. The lowest BCUT2D eigenvalue weighted by atomic mass is 9.89. The highest BCUT2D eigenvalue weighted by molar-refractivity contribution is 5.15. The lowest BCUT2D eigenvalue weighted by Gasteiger charge is -2.37. The van der Waals surface area contributed by atoms with Gasteiger partial charge in [-0.05, 0) is 43.8 Å². The number of benzene rings is 1. The monoisotopic (exact) mass is 260 g/mol. The number of nitrogens with one attached hydrogen (secondary N) is 1. The topological polar surface area (TPSA) is 35.5 Å². The number of hydrogen-bond acceptors (Lipinski definition) is 3. The minimum absolute atomic E-state index is 0.175. The van der Waals surface area contributed by atoms with Crippen LogP contribution in [0.3, 0.4) is 0 Å². The Morgan fingerprint density at radius 1 is 1.11 bits per heavy atom. The third kappa shape index (κ3) is 3.16. The summed E-state index contributed by atoms with van der Waals surface area (Å²) < 4.78 is 0. The van der Waals surface area contributed by atoms with Gasteiger partial charge in [-0.3, -0.25) is 4.90 Å². The maximum Gasteiger partial charge on any atom is 0.0831 e. The second kappa shape index (κ2) is 6.04. The molecule has 2 unspecified atom stereocenters. The lowest BCUT2D eigenvalue weighted by molar-refractivity contribution is 0.0587. The molecular formula is C16H24N2O. The molecule has 0 radical (unpaired) electrons. The molecule has 0 amide bonds. The average Bonchev–Trinajstić information content (AvgIpc) is 2.87. The van der Waals surface area contributed by atoms with Gasteiger partial charge >= 0.3 is 0 Å². The molecule has 1 aromatic carbocycles. The summed E-state index contributed by atoms with van der Waals surface area (Å²) in [5.41, 5.74) is 1.46. The van der Waals surface area contributed by atoms with Crippen molar-refractivity contribution >= 4 is 0 Å². The molecule has 19 heavy (non-hydrogen) atoms. The molecule has 3 heteroatoms. The van der Waals surface area contributed by atoms with E-state index in [4.69, 9.17) is 0 Å². The molecule has 2 aliphatic rings. The first-order chi connectivity index (χ1) is 9.33. The van der Waals surface area contributed by atoms with Gasteiger partial charge in [0.1, 0.15) is 0 Å². The van der Waals surface area contributed by atoms with Crippen LogP contribution in [-0.4, -0.2) is 48.3 Å². The van der Waals surface area contributed by atoms with Gasteiger partial charge in [0.15, 0.2) is 0 Å². The van der Waals surface area contributed by atoms with Crippen molar-refractivity contribution in [3.05, 3.63) is 35.9 Å². The second-order valence-electron chi connectivity index (χ2n) is 5.96. The largest absolute Gasteiger partial charge is 0.390 e. The zero-order valence-electron chi connectivity index (χ0n) is 11.5. The van der Waals surface area contributed by atoms with E-state index in [0.29, 0.717) is 6.04 Å². The number of aliphatic hydroxyl groups is 1. The van der Waals surface area contributed by atoms with E-state index in [0.717, 1.165) is 32.1 Å². The van der Waals surface area contributed by atoms with Gasteiger partial charge in [0.25, 0.3) is 0 Å². The van der Waals surface area contributed by atoms with Gasteiger partial charge in [0, 0.05) is 19.1 Å². The van der Waals surface area contributed by atoms with Crippen molar-refractivity contribution in [1.29, 1.82) is 0 Å². The van der Waals surface area contributed by atoms with Crippen molar-refractivity contribution in [1.82, 2.24) is 10.2 Å². The third-order valence-electron chi connectivity index (χ3n) is 4.64. The number of nitrogens with zero attached hydrogens (tertiary/aromatic N) is 1. The number of aliphatic hydroxyl groups excluding tert-OH is 1. The van der Waals surface area contributed by atoms with Gasteiger partial charge in [-0.2, -0.15) is 0 Å². The molecule has 0 spiro atoms. The fourth-order valence-electron chi connectivity index (χ4n) is 3.46. The minimum atomic E-state index is -0.175. The standard InChI is InChI=1S/C16H24N2O/c19-16-12-17-11-15(16)18-8-6-14(7-9-18)10-13-4-2-1-3-5-13/h1-5,14-17,19H,6-12H2. The van der Waals surface area contributed by atoms with E-state index in [1.807, 2.05) is 0 Å². The summed E-state index contributed by atoms with van der Waals surface area (Å²) in [7, 11) is 0. The first-order valence-corrected chi connectivity index (χ1v) is 7.49. The molecule has 0 aliphatic carbocycles. The van der Waals surface area contributed by atoms with Crippen molar-refractivity contribution in [2.24, 2.45) is 5.92 Å². The summed E-state index contributed by atoms with van der Waals surface area (Å²) in [4.78, 5) is 2.48. The molecule has 2 saturated heterocycles. The average molecular weight is 260 g/mol. The molecule has 0 bridgehead atoms. The zero-order valence-corrected chi connectivity index (χ0v) is 11.5. The minimum Gasteiger partial charge on any atom is -0.390 e. The van der Waals surface area contributed by atoms with E-state index in [1.165, 1.54) is 24.8 Å². The molecule has 3 rings (SSSR count). The number of hydrogen-bond donors (Lipinski definition) is 2. The number of rotatable bonds is 3. The summed E-state index contributed by atoms with van der Waals surface area (Å²) in [6.45, 7) is 3.99. The van der Waals surface area contributed by atoms with E-state index < -0.39 is 0 Å². The summed E-state index contributed by atoms with van der Waals surface area (Å²) in [5, 5.41) is 13.2. The zero-order chi connectivity index (χ0) is 13.1. The molecule has 0 saturated carbocycles. The van der Waals surface area contributed by atoms with Crippen molar-refractivity contribution < 1.29 is 5.11 Å². The first kappa shape index (κ1) is 13.1. The summed E-state index contributed by atoms with van der Waals surface area (Å²) in [6, 6.07) is 11.2. The lowest BCUT2D eigenvalue weighted by Crippen LogP contribution is -2.47. The van der Waals surface area contributed by atoms with Crippen LogP contribution < -0.4 is 5.32 Å². The van der Waals surface area contributed by atoms with Gasteiger partial charge in [-0.1, -0.05) is 30.3 Å². The van der Waals surface area contributed by atoms with Crippen LogP contribution in [0.2, 0.25) is 0 Å². The Balaban J connectivity index is 1.49. The predicted molar refractivity (Wildman–Crippen MR) is 77.1 cm³/mol. The maximum absolute atomic E-state index is 9.94. The van der Waals surface area contributed by atoms with Crippen LogP contribution in [0, 0.1) is 5.92 Å². The number of likely N-dealkylation sites (tertiary alicyclic amines) is 1. The van der Waals surface area contributed by atoms with Gasteiger partial charge < -0.3 is 10.4 Å². The van der Waals surface area contributed by atoms with E-state index >= 15 is 0 Å². The predicted octanol–water partition coefficient (Wildman–Crippen LogP) is 1.27. The van der Waals surface area contributed by atoms with E-state index in [1.54, 1.807) is 0 Å². The molecule has 3 nitrogen and oxygen atoms in total. The highest BCUT2D eigenvalue weighted by atomic mass is 16.3. The van der Waals surface area contributed by atoms with Crippen LogP contribution in [0.5, 0.6) is 0 Å². The van der Waals surface area contributed by atoms with Crippen molar-refractivity contribution in [2.75, 3.05) is 26.2 Å². The molecule has 2 N–H and O–H groups in total. The fraction of sp³-hybridized carbons (Fsp3) is 0.625. The van der Waals surface area contributed by atoms with Crippen molar-refractivity contribution in [3.8, 4) is 0 Å². The van der Waals surface area contributed by atoms with Gasteiger partial charge in [0.05, 0.1) is 6.10 Å². The Hall–Kier alpha value is -0.900. The Morgan fingerprint density at radius 3 is 2.47 bits per heavy atom. The maximum atomic E-state index is 9.94. The molecule has 2 fully saturated rings. The highest BCUT2D eigenvalue weighted by Crippen LogP contribution is 2.24. The van der Waals surface area contributed by atoms with Crippen LogP contribution in [0.25, 0.3) is 0 Å². The van der Waals surface area contributed by atoms with Crippen LogP contribution in [0.4, 0.5) is 0 Å². The van der Waals surface area contributed by atoms with Gasteiger partial charge in [-0.15, -0.1) is 0 Å². The van der Waals surface area contributed by atoms with E-state index in [9.17, 15) is 5.11 Å². The van der Waals surface area contributed by atoms with Gasteiger partial charge in [-0.25, -0.2) is 0 Å². The molecule has 2 aliphatic heterocycles. The molecule has 2 heterocycles. The fourth-order valence-corrected chi connectivity index (χ4v) is 3.46. The van der Waals surface area contributed by atoms with Crippen LogP contribution in [-0.2, 0) is 6.42 Å². The van der Waals surface area contributed by atoms with E-state index in [-0.39, 0.29) is 6.10 Å². The van der Waals surface area contributed by atoms with Crippen LogP contribution >= 0.6 is 0 Å². The Labute approximate surface area is 115 Å². The quantitative estimate of drug-likeness (QED) is 0.859. The Morgan fingerprint density at radius 2 is 1.84 bits per heavy atom. The SMILES string of the molecule is OC1CNCC1N1CCC(Cc2ccccc2)CC1. The van der Waals surface area contributed by atoms with Crippen molar-refractivity contribution in [3.63, 3.8) is 0 Å². The number of β-amino-alcohol motifs (C(OH)–C–C–N with tert-alkyl or cyclic N) is 1. The first-order valence-electron chi connectivity index (χ1n) is 7.49. The van der Waals surface area contributed by atoms with Crippen molar-refractivity contribution in [2.45, 2.75) is 31.4 Å².